The first kappa shape index (κ1) is 17.9. The normalized spacial score (nSPS) is 59.4. The van der Waals surface area contributed by atoms with Crippen molar-refractivity contribution < 1.29 is 19.7 Å². The molecule has 7 rings (SSSR count). The average molecular weight is 385 g/mol. The average Bonchev–Trinajstić information content (AvgIpc) is 2.89. The van der Waals surface area contributed by atoms with Crippen LogP contribution in [0.3, 0.4) is 0 Å². The summed E-state index contributed by atoms with van der Waals surface area (Å²) in [4.78, 5) is 14.0. The van der Waals surface area contributed by atoms with Crippen LogP contribution < -0.4 is 0 Å². The second-order valence-electron chi connectivity index (χ2n) is 11.8. The number of carbonyl (C=O) groups is 1. The minimum Gasteiger partial charge on any atom is -0.390 e. The van der Waals surface area contributed by atoms with Gasteiger partial charge >= 0.3 is 0 Å². The number of carbonyl (C=O) groups excluding carboxylic acids is 1. The standard InChI is InChI=1S/C24H32O4/c1-12-13-6-7-15-22-9-8-16(25)21(4,5)17(22)19(27)24(28-11-22)20(2,3)10-14(13)23(15,24)18(12)26/h8-9,13-17,19,25,27H,1,6-7,10-11H2,2-5H3/t13-,14+,15-,16-,17+,19-,22+,23-,24?/m0/s1. The lowest BCUT2D eigenvalue weighted by Crippen LogP contribution is -2.83. The molecule has 5 aliphatic carbocycles. The van der Waals surface area contributed by atoms with Crippen LogP contribution in [0, 0.1) is 45.3 Å². The molecular weight excluding hydrogens is 352 g/mol. The van der Waals surface area contributed by atoms with Gasteiger partial charge in [0.05, 0.1) is 24.2 Å². The highest BCUT2D eigenvalue weighted by Crippen LogP contribution is 2.84. The number of hydrogen-bond donors (Lipinski definition) is 2. The predicted octanol–water partition coefficient (Wildman–Crippen LogP) is 2.89. The number of aliphatic hydroxyl groups is 2. The molecule has 0 aromatic carbocycles. The zero-order valence-electron chi connectivity index (χ0n) is 17.4. The Morgan fingerprint density at radius 3 is 2.61 bits per heavy atom. The summed E-state index contributed by atoms with van der Waals surface area (Å²) in [6.45, 7) is 13.3. The number of aliphatic hydroxyl groups excluding tert-OH is 2. The largest absolute Gasteiger partial charge is 0.390 e. The van der Waals surface area contributed by atoms with Crippen molar-refractivity contribution in [2.45, 2.75) is 64.8 Å². The van der Waals surface area contributed by atoms with Crippen LogP contribution in [0.1, 0.15) is 47.0 Å². The van der Waals surface area contributed by atoms with E-state index in [2.05, 4.69) is 40.3 Å². The Labute approximate surface area is 167 Å². The molecule has 2 N–H and O–H groups in total. The molecule has 28 heavy (non-hydrogen) atoms. The number of rotatable bonds is 0. The molecule has 3 spiro atoms. The minimum absolute atomic E-state index is 0.124. The summed E-state index contributed by atoms with van der Waals surface area (Å²) in [6.07, 6.45) is 5.53. The van der Waals surface area contributed by atoms with Crippen LogP contribution >= 0.6 is 0 Å². The van der Waals surface area contributed by atoms with E-state index in [9.17, 15) is 15.0 Å². The van der Waals surface area contributed by atoms with E-state index >= 15 is 0 Å². The van der Waals surface area contributed by atoms with Crippen molar-refractivity contribution in [2.24, 2.45) is 45.3 Å². The molecule has 0 aromatic rings. The summed E-state index contributed by atoms with van der Waals surface area (Å²) in [7, 11) is 0. The molecule has 0 amide bonds. The molecule has 152 valence electrons. The second-order valence-corrected chi connectivity index (χ2v) is 11.8. The number of fused-ring (bicyclic) bond motifs is 1. The molecule has 9 atom stereocenters. The van der Waals surface area contributed by atoms with Gasteiger partial charge in [-0.2, -0.15) is 0 Å². The van der Waals surface area contributed by atoms with E-state index in [1.54, 1.807) is 0 Å². The summed E-state index contributed by atoms with van der Waals surface area (Å²) >= 11 is 0. The molecule has 0 aromatic heterocycles. The topological polar surface area (TPSA) is 66.8 Å². The first-order chi connectivity index (χ1) is 13.0. The molecule has 4 heteroatoms. The highest BCUT2D eigenvalue weighted by Gasteiger charge is 2.90. The van der Waals surface area contributed by atoms with E-state index in [4.69, 9.17) is 4.74 Å². The predicted molar refractivity (Wildman–Crippen MR) is 104 cm³/mol. The van der Waals surface area contributed by atoms with Crippen LogP contribution in [0.4, 0.5) is 0 Å². The van der Waals surface area contributed by atoms with E-state index in [-0.39, 0.29) is 34.9 Å². The third kappa shape index (κ3) is 1.34. The van der Waals surface area contributed by atoms with Gasteiger partial charge in [0.15, 0.2) is 5.78 Å². The highest BCUT2D eigenvalue weighted by atomic mass is 16.5. The molecule has 0 radical (unpaired) electrons. The van der Waals surface area contributed by atoms with Gasteiger partial charge in [-0.25, -0.2) is 0 Å². The summed E-state index contributed by atoms with van der Waals surface area (Å²) in [5.41, 5.74) is -1.95. The van der Waals surface area contributed by atoms with E-state index in [1.807, 2.05) is 6.08 Å². The zero-order valence-corrected chi connectivity index (χ0v) is 17.4. The number of ether oxygens (including phenoxy) is 1. The molecular formula is C24H32O4. The summed E-state index contributed by atoms with van der Waals surface area (Å²) in [5.74, 6) is 0.654. The van der Waals surface area contributed by atoms with E-state index < -0.39 is 34.1 Å². The monoisotopic (exact) mass is 384 g/mol. The van der Waals surface area contributed by atoms with Crippen molar-refractivity contribution in [3.05, 3.63) is 24.3 Å². The maximum atomic E-state index is 14.0. The maximum absolute atomic E-state index is 14.0. The molecule has 4 nitrogen and oxygen atoms in total. The van der Waals surface area contributed by atoms with Crippen molar-refractivity contribution in [1.82, 2.24) is 0 Å². The lowest BCUT2D eigenvalue weighted by atomic mass is 9.34. The van der Waals surface area contributed by atoms with Crippen LogP contribution in [-0.2, 0) is 9.53 Å². The van der Waals surface area contributed by atoms with Gasteiger partial charge in [-0.15, -0.1) is 0 Å². The van der Waals surface area contributed by atoms with Gasteiger partial charge in [0.25, 0.3) is 0 Å². The van der Waals surface area contributed by atoms with Crippen molar-refractivity contribution >= 4 is 5.78 Å². The van der Waals surface area contributed by atoms with Crippen LogP contribution in [0.15, 0.2) is 24.3 Å². The SMILES string of the molecule is C=C1C(=O)[C@@]23[C@@H]4CC(C)(C)C25OC[C@]2(C=C[C@H](O)C(C)(C)[C@H]2[C@@H]5O)[C@@H]3CC[C@@H]14. The molecule has 2 saturated heterocycles. The Morgan fingerprint density at radius 1 is 1.18 bits per heavy atom. The van der Waals surface area contributed by atoms with Gasteiger partial charge in [0, 0.05) is 16.7 Å². The summed E-state index contributed by atoms with van der Waals surface area (Å²) in [6, 6.07) is 0. The number of Topliss-reactive ketones (excluding diaryl/α,β-unsaturated/α-hetero) is 1. The lowest BCUT2D eigenvalue weighted by Gasteiger charge is -2.75. The Balaban J connectivity index is 1.72. The third-order valence-electron chi connectivity index (χ3n) is 10.5. The van der Waals surface area contributed by atoms with Crippen molar-refractivity contribution in [3.63, 3.8) is 0 Å². The molecule has 7 aliphatic rings. The van der Waals surface area contributed by atoms with Crippen LogP contribution in [0.25, 0.3) is 0 Å². The van der Waals surface area contributed by atoms with Gasteiger partial charge in [-0.1, -0.05) is 46.4 Å². The number of allylic oxidation sites excluding steroid dienone is 1. The Hall–Kier alpha value is -0.970. The smallest absolute Gasteiger partial charge is 0.168 e. The first-order valence-electron chi connectivity index (χ1n) is 10.9. The molecule has 4 bridgehead atoms. The van der Waals surface area contributed by atoms with Crippen molar-refractivity contribution in [1.29, 1.82) is 0 Å². The lowest BCUT2D eigenvalue weighted by molar-refractivity contribution is -0.373. The summed E-state index contributed by atoms with van der Waals surface area (Å²) in [5, 5.41) is 22.9. The van der Waals surface area contributed by atoms with Crippen LogP contribution in [0.2, 0.25) is 0 Å². The van der Waals surface area contributed by atoms with Gasteiger partial charge in [-0.05, 0) is 48.0 Å². The summed E-state index contributed by atoms with van der Waals surface area (Å²) < 4.78 is 6.74. The molecule has 4 saturated carbocycles. The maximum Gasteiger partial charge on any atom is 0.168 e. The zero-order chi connectivity index (χ0) is 20.1. The van der Waals surface area contributed by atoms with E-state index in [0.717, 1.165) is 24.8 Å². The van der Waals surface area contributed by atoms with Gasteiger partial charge in [-0.3, -0.25) is 4.79 Å². The van der Waals surface area contributed by atoms with Gasteiger partial charge < -0.3 is 14.9 Å². The fraction of sp³-hybridized carbons (Fsp3) is 0.792. The Bertz CT molecular complexity index is 855. The highest BCUT2D eigenvalue weighted by molar-refractivity contribution is 6.05. The molecule has 2 aliphatic heterocycles. The molecule has 1 unspecified atom stereocenters. The molecule has 2 heterocycles. The number of hydrogen-bond acceptors (Lipinski definition) is 4. The van der Waals surface area contributed by atoms with Crippen molar-refractivity contribution in [3.8, 4) is 0 Å². The van der Waals surface area contributed by atoms with Gasteiger partial charge in [0.2, 0.25) is 0 Å². The number of ketones is 1. The van der Waals surface area contributed by atoms with Crippen LogP contribution in [-0.4, -0.2) is 40.4 Å². The minimum atomic E-state index is -0.890. The fourth-order valence-electron chi connectivity index (χ4n) is 9.78. The Morgan fingerprint density at radius 2 is 1.89 bits per heavy atom. The van der Waals surface area contributed by atoms with E-state index in [1.165, 1.54) is 0 Å². The molecule has 6 fully saturated rings. The second kappa shape index (κ2) is 4.53. The van der Waals surface area contributed by atoms with Gasteiger partial charge in [0.1, 0.15) is 5.60 Å². The van der Waals surface area contributed by atoms with E-state index in [0.29, 0.717) is 6.61 Å². The van der Waals surface area contributed by atoms with Crippen LogP contribution in [0.5, 0.6) is 0 Å². The van der Waals surface area contributed by atoms with Crippen molar-refractivity contribution in [2.75, 3.05) is 6.61 Å². The third-order valence-corrected chi connectivity index (χ3v) is 10.5. The Kier molecular flexibility index (Phi) is 2.89. The quantitative estimate of drug-likeness (QED) is 0.498. The first-order valence-corrected chi connectivity index (χ1v) is 10.9. The fourth-order valence-corrected chi connectivity index (χ4v) is 9.78.